The molecule has 0 unspecified atom stereocenters. The Morgan fingerprint density at radius 3 is 2.29 bits per heavy atom. The second-order valence-corrected chi connectivity index (χ2v) is 5.10. The Balaban J connectivity index is 2.72. The predicted octanol–water partition coefficient (Wildman–Crippen LogP) is 3.37. The third kappa shape index (κ3) is 3.00. The SMILES string of the molecule is COc1cc(Br)c(-c2cc(F)ccc2C(N)=O)cc1OC. The van der Waals surface area contributed by atoms with E-state index in [1.54, 1.807) is 12.1 Å². The second-order valence-electron chi connectivity index (χ2n) is 4.24. The van der Waals surface area contributed by atoms with E-state index in [0.29, 0.717) is 27.1 Å². The number of hydrogen-bond donors (Lipinski definition) is 1. The molecule has 2 aromatic carbocycles. The molecule has 0 aliphatic rings. The predicted molar refractivity (Wildman–Crippen MR) is 81.2 cm³/mol. The van der Waals surface area contributed by atoms with Crippen molar-refractivity contribution in [3.8, 4) is 22.6 Å². The number of carbonyl (C=O) groups excluding carboxylic acids is 1. The fraction of sp³-hybridized carbons (Fsp3) is 0.133. The molecular formula is C15H13BrFNO3. The number of nitrogens with two attached hydrogens (primary N) is 1. The number of carbonyl (C=O) groups is 1. The summed E-state index contributed by atoms with van der Waals surface area (Å²) in [6.45, 7) is 0. The number of ether oxygens (including phenoxy) is 2. The minimum absolute atomic E-state index is 0.226. The van der Waals surface area contributed by atoms with Crippen LogP contribution in [0.3, 0.4) is 0 Å². The molecule has 2 N–H and O–H groups in total. The molecule has 0 spiro atoms. The van der Waals surface area contributed by atoms with Gasteiger partial charge in [0.2, 0.25) is 5.91 Å². The van der Waals surface area contributed by atoms with E-state index in [1.165, 1.54) is 32.4 Å². The normalized spacial score (nSPS) is 10.3. The van der Waals surface area contributed by atoms with Crippen molar-refractivity contribution < 1.29 is 18.7 Å². The summed E-state index contributed by atoms with van der Waals surface area (Å²) in [4.78, 5) is 11.5. The van der Waals surface area contributed by atoms with Gasteiger partial charge in [-0.05, 0) is 35.9 Å². The Labute approximate surface area is 129 Å². The van der Waals surface area contributed by atoms with Crippen LogP contribution in [0.15, 0.2) is 34.8 Å². The lowest BCUT2D eigenvalue weighted by Gasteiger charge is -2.14. The van der Waals surface area contributed by atoms with Crippen LogP contribution in [-0.2, 0) is 0 Å². The van der Waals surface area contributed by atoms with Crippen LogP contribution in [0.5, 0.6) is 11.5 Å². The fourth-order valence-electron chi connectivity index (χ4n) is 2.01. The van der Waals surface area contributed by atoms with Crippen LogP contribution >= 0.6 is 15.9 Å². The van der Waals surface area contributed by atoms with Gasteiger partial charge in [-0.2, -0.15) is 0 Å². The fourth-order valence-corrected chi connectivity index (χ4v) is 2.55. The summed E-state index contributed by atoms with van der Waals surface area (Å²) in [5.41, 5.74) is 6.54. The molecule has 110 valence electrons. The van der Waals surface area contributed by atoms with Gasteiger partial charge in [-0.15, -0.1) is 0 Å². The highest BCUT2D eigenvalue weighted by atomic mass is 79.9. The minimum Gasteiger partial charge on any atom is -0.493 e. The van der Waals surface area contributed by atoms with Gasteiger partial charge in [0.05, 0.1) is 14.2 Å². The average Bonchev–Trinajstić information content (AvgIpc) is 2.46. The first-order valence-corrected chi connectivity index (χ1v) is 6.78. The summed E-state index contributed by atoms with van der Waals surface area (Å²) in [7, 11) is 3.01. The number of amides is 1. The third-order valence-corrected chi connectivity index (χ3v) is 3.67. The van der Waals surface area contributed by atoms with Crippen molar-refractivity contribution in [2.45, 2.75) is 0 Å². The first-order valence-electron chi connectivity index (χ1n) is 5.99. The van der Waals surface area contributed by atoms with Gasteiger partial charge in [0.1, 0.15) is 5.82 Å². The largest absolute Gasteiger partial charge is 0.493 e. The van der Waals surface area contributed by atoms with Gasteiger partial charge in [-0.25, -0.2) is 4.39 Å². The van der Waals surface area contributed by atoms with E-state index in [9.17, 15) is 9.18 Å². The Hall–Kier alpha value is -2.08. The Morgan fingerprint density at radius 1 is 1.10 bits per heavy atom. The minimum atomic E-state index is -0.633. The lowest BCUT2D eigenvalue weighted by Crippen LogP contribution is -2.12. The van der Waals surface area contributed by atoms with Gasteiger partial charge in [-0.1, -0.05) is 15.9 Å². The van der Waals surface area contributed by atoms with E-state index in [4.69, 9.17) is 15.2 Å². The molecular weight excluding hydrogens is 341 g/mol. The number of primary amides is 1. The molecule has 0 atom stereocenters. The maximum absolute atomic E-state index is 13.5. The highest BCUT2D eigenvalue weighted by molar-refractivity contribution is 9.10. The molecule has 6 heteroatoms. The summed E-state index contributed by atoms with van der Waals surface area (Å²) < 4.78 is 24.6. The summed E-state index contributed by atoms with van der Waals surface area (Å²) >= 11 is 3.39. The second kappa shape index (κ2) is 6.13. The zero-order chi connectivity index (χ0) is 15.6. The first kappa shape index (κ1) is 15.3. The molecule has 0 radical (unpaired) electrons. The zero-order valence-corrected chi connectivity index (χ0v) is 13.0. The summed E-state index contributed by atoms with van der Waals surface area (Å²) in [6, 6.07) is 7.15. The molecule has 2 rings (SSSR count). The Kier molecular flexibility index (Phi) is 4.47. The lowest BCUT2D eigenvalue weighted by molar-refractivity contribution is 0.100. The van der Waals surface area contributed by atoms with E-state index < -0.39 is 11.7 Å². The van der Waals surface area contributed by atoms with E-state index in [2.05, 4.69) is 15.9 Å². The molecule has 2 aromatic rings. The Bertz CT molecular complexity index is 704. The van der Waals surface area contributed by atoms with Crippen molar-refractivity contribution >= 4 is 21.8 Å². The topological polar surface area (TPSA) is 61.5 Å². The molecule has 1 amide bonds. The molecule has 0 aromatic heterocycles. The van der Waals surface area contributed by atoms with Crippen LogP contribution in [0.1, 0.15) is 10.4 Å². The van der Waals surface area contributed by atoms with Gasteiger partial charge in [0, 0.05) is 15.6 Å². The van der Waals surface area contributed by atoms with Crippen molar-refractivity contribution in [2.24, 2.45) is 5.73 Å². The van der Waals surface area contributed by atoms with Gasteiger partial charge in [0.15, 0.2) is 11.5 Å². The van der Waals surface area contributed by atoms with Crippen LogP contribution in [-0.4, -0.2) is 20.1 Å². The monoisotopic (exact) mass is 353 g/mol. The Morgan fingerprint density at radius 2 is 1.71 bits per heavy atom. The van der Waals surface area contributed by atoms with Crippen molar-refractivity contribution in [1.82, 2.24) is 0 Å². The van der Waals surface area contributed by atoms with Crippen molar-refractivity contribution in [1.29, 1.82) is 0 Å². The molecule has 0 aliphatic carbocycles. The molecule has 4 nitrogen and oxygen atoms in total. The van der Waals surface area contributed by atoms with E-state index in [0.717, 1.165) is 0 Å². The van der Waals surface area contributed by atoms with Crippen LogP contribution in [0.4, 0.5) is 4.39 Å². The molecule has 0 saturated heterocycles. The number of hydrogen-bond acceptors (Lipinski definition) is 3. The molecule has 0 aliphatic heterocycles. The number of benzene rings is 2. The highest BCUT2D eigenvalue weighted by Gasteiger charge is 2.17. The van der Waals surface area contributed by atoms with E-state index in [1.807, 2.05) is 0 Å². The number of rotatable bonds is 4. The lowest BCUT2D eigenvalue weighted by atomic mass is 9.98. The van der Waals surface area contributed by atoms with Gasteiger partial charge >= 0.3 is 0 Å². The number of halogens is 2. The standard InChI is InChI=1S/C15H13BrFNO3/c1-20-13-6-11(12(16)7-14(13)21-2)10-5-8(17)3-4-9(10)15(18)19/h3-7H,1-2H3,(H2,18,19). The molecule has 0 saturated carbocycles. The summed E-state index contributed by atoms with van der Waals surface area (Å²) in [6.07, 6.45) is 0. The van der Waals surface area contributed by atoms with Gasteiger partial charge < -0.3 is 15.2 Å². The van der Waals surface area contributed by atoms with Crippen molar-refractivity contribution in [2.75, 3.05) is 14.2 Å². The van der Waals surface area contributed by atoms with Crippen molar-refractivity contribution in [3.05, 3.63) is 46.2 Å². The molecule has 21 heavy (non-hydrogen) atoms. The van der Waals surface area contributed by atoms with Gasteiger partial charge in [0.25, 0.3) is 0 Å². The van der Waals surface area contributed by atoms with E-state index in [-0.39, 0.29) is 5.56 Å². The van der Waals surface area contributed by atoms with E-state index >= 15 is 0 Å². The van der Waals surface area contributed by atoms with Crippen LogP contribution in [0.2, 0.25) is 0 Å². The molecule has 0 heterocycles. The quantitative estimate of drug-likeness (QED) is 0.916. The van der Waals surface area contributed by atoms with Crippen molar-refractivity contribution in [3.63, 3.8) is 0 Å². The maximum atomic E-state index is 13.5. The van der Waals surface area contributed by atoms with Crippen LogP contribution in [0.25, 0.3) is 11.1 Å². The van der Waals surface area contributed by atoms with Crippen LogP contribution in [0, 0.1) is 5.82 Å². The average molecular weight is 354 g/mol. The summed E-state index contributed by atoms with van der Waals surface area (Å²) in [5.74, 6) is -0.107. The highest BCUT2D eigenvalue weighted by Crippen LogP contribution is 2.39. The third-order valence-electron chi connectivity index (χ3n) is 3.01. The first-order chi connectivity index (χ1) is 9.97. The summed E-state index contributed by atoms with van der Waals surface area (Å²) in [5, 5.41) is 0. The maximum Gasteiger partial charge on any atom is 0.249 e. The van der Waals surface area contributed by atoms with Crippen LogP contribution < -0.4 is 15.2 Å². The smallest absolute Gasteiger partial charge is 0.249 e. The molecule has 0 bridgehead atoms. The molecule has 0 fully saturated rings. The van der Waals surface area contributed by atoms with Gasteiger partial charge in [-0.3, -0.25) is 4.79 Å². The number of methoxy groups -OCH3 is 2. The zero-order valence-electron chi connectivity index (χ0n) is 11.4.